The van der Waals surface area contributed by atoms with Gasteiger partial charge in [-0.15, -0.1) is 11.3 Å². The lowest BCUT2D eigenvalue weighted by Gasteiger charge is -2.05. The second kappa shape index (κ2) is 8.54. The third-order valence-corrected chi connectivity index (χ3v) is 5.03. The molecule has 4 nitrogen and oxygen atoms in total. The maximum atomic E-state index is 12.3. The number of carbonyl (C=O) groups is 1. The van der Waals surface area contributed by atoms with Crippen LogP contribution < -0.4 is 10.1 Å². The van der Waals surface area contributed by atoms with Crippen LogP contribution in [-0.2, 0) is 0 Å². The van der Waals surface area contributed by atoms with Crippen LogP contribution in [0.3, 0.4) is 0 Å². The highest BCUT2D eigenvalue weighted by molar-refractivity contribution is 7.14. The summed E-state index contributed by atoms with van der Waals surface area (Å²) < 4.78 is 5.58. The first-order valence-electron chi connectivity index (χ1n) is 8.02. The molecule has 0 aliphatic rings. The van der Waals surface area contributed by atoms with Crippen molar-refractivity contribution in [3.63, 3.8) is 0 Å². The highest BCUT2D eigenvalue weighted by atomic mass is 35.5. The maximum absolute atomic E-state index is 12.3. The molecule has 3 aromatic rings. The summed E-state index contributed by atoms with van der Waals surface area (Å²) in [6.07, 6.45) is 0.968. The van der Waals surface area contributed by atoms with Gasteiger partial charge in [-0.25, -0.2) is 4.98 Å². The van der Waals surface area contributed by atoms with Gasteiger partial charge in [0.1, 0.15) is 5.75 Å². The topological polar surface area (TPSA) is 51.2 Å². The average molecular weight is 407 g/mol. The summed E-state index contributed by atoms with van der Waals surface area (Å²) in [5.74, 6) is 0.548. The highest BCUT2D eigenvalue weighted by Gasteiger charge is 2.11. The van der Waals surface area contributed by atoms with Gasteiger partial charge in [-0.2, -0.15) is 0 Å². The number of ether oxygens (including phenoxy) is 1. The molecule has 0 radical (unpaired) electrons. The molecule has 0 fully saturated rings. The van der Waals surface area contributed by atoms with E-state index in [0.717, 1.165) is 23.4 Å². The van der Waals surface area contributed by atoms with E-state index in [1.54, 1.807) is 12.1 Å². The van der Waals surface area contributed by atoms with Crippen molar-refractivity contribution in [2.45, 2.75) is 13.3 Å². The number of nitrogens with zero attached hydrogens (tertiary/aromatic N) is 1. The molecule has 7 heteroatoms. The zero-order valence-corrected chi connectivity index (χ0v) is 16.3. The number of aromatic nitrogens is 1. The fraction of sp³-hybridized carbons (Fsp3) is 0.158. The van der Waals surface area contributed by atoms with Gasteiger partial charge in [0.2, 0.25) is 0 Å². The molecule has 3 rings (SSSR count). The lowest BCUT2D eigenvalue weighted by molar-refractivity contribution is 0.102. The van der Waals surface area contributed by atoms with Crippen molar-refractivity contribution in [2.24, 2.45) is 0 Å². The summed E-state index contributed by atoms with van der Waals surface area (Å²) in [5, 5.41) is 5.93. The van der Waals surface area contributed by atoms with E-state index >= 15 is 0 Å². The van der Waals surface area contributed by atoms with Crippen molar-refractivity contribution in [1.29, 1.82) is 0 Å². The molecular weight excluding hydrogens is 391 g/mol. The molecule has 0 unspecified atom stereocenters. The quantitative estimate of drug-likeness (QED) is 0.533. The summed E-state index contributed by atoms with van der Waals surface area (Å²) in [4.78, 5) is 16.8. The number of halogens is 2. The smallest absolute Gasteiger partial charge is 0.257 e. The Bertz CT molecular complexity index is 910. The van der Waals surface area contributed by atoms with Crippen LogP contribution in [0.15, 0.2) is 47.8 Å². The number of benzene rings is 2. The second-order valence-electron chi connectivity index (χ2n) is 5.49. The minimum Gasteiger partial charge on any atom is -0.494 e. The van der Waals surface area contributed by atoms with Crippen LogP contribution in [0, 0.1) is 0 Å². The number of nitrogens with one attached hydrogen (secondary N) is 1. The first kappa shape index (κ1) is 18.7. The van der Waals surface area contributed by atoms with Gasteiger partial charge in [-0.05, 0) is 48.9 Å². The first-order chi connectivity index (χ1) is 12.6. The molecule has 0 bridgehead atoms. The van der Waals surface area contributed by atoms with E-state index in [-0.39, 0.29) is 5.91 Å². The average Bonchev–Trinajstić information content (AvgIpc) is 3.11. The summed E-state index contributed by atoms with van der Waals surface area (Å²) in [6.45, 7) is 2.76. The number of hydrogen-bond acceptors (Lipinski definition) is 4. The zero-order valence-electron chi connectivity index (χ0n) is 14.0. The Morgan fingerprint density at radius 1 is 1.15 bits per heavy atom. The number of thiazole rings is 1. The monoisotopic (exact) mass is 406 g/mol. The fourth-order valence-corrected chi connectivity index (χ4v) is 3.23. The Hall–Kier alpha value is -2.08. The predicted molar refractivity (Wildman–Crippen MR) is 108 cm³/mol. The van der Waals surface area contributed by atoms with Gasteiger partial charge in [0.15, 0.2) is 5.13 Å². The molecule has 0 aliphatic carbocycles. The maximum Gasteiger partial charge on any atom is 0.257 e. The summed E-state index contributed by atoms with van der Waals surface area (Å²) in [7, 11) is 0. The van der Waals surface area contributed by atoms with Gasteiger partial charge in [0, 0.05) is 16.5 Å². The summed E-state index contributed by atoms with van der Waals surface area (Å²) in [6, 6.07) is 12.5. The Balaban J connectivity index is 1.69. The normalized spacial score (nSPS) is 10.6. The minimum absolute atomic E-state index is 0.284. The van der Waals surface area contributed by atoms with Crippen molar-refractivity contribution >= 4 is 45.6 Å². The molecular formula is C19H16Cl2N2O2S. The Morgan fingerprint density at radius 2 is 1.92 bits per heavy atom. The van der Waals surface area contributed by atoms with Crippen molar-refractivity contribution in [3.8, 4) is 17.0 Å². The van der Waals surface area contributed by atoms with Crippen LogP contribution in [0.5, 0.6) is 5.75 Å². The van der Waals surface area contributed by atoms with E-state index in [9.17, 15) is 4.79 Å². The standard InChI is InChI=1S/C19H16Cl2N2O2S/c1-2-9-25-14-6-3-12(4-7-14)17-11-26-19(22-17)23-18(24)13-5-8-15(20)16(21)10-13/h3-8,10-11H,2,9H2,1H3,(H,22,23,24). The van der Waals surface area contributed by atoms with Gasteiger partial charge in [-0.1, -0.05) is 30.1 Å². The van der Waals surface area contributed by atoms with Crippen LogP contribution in [-0.4, -0.2) is 17.5 Å². The molecule has 1 aromatic heterocycles. The molecule has 0 aliphatic heterocycles. The molecule has 1 N–H and O–H groups in total. The number of amides is 1. The molecule has 26 heavy (non-hydrogen) atoms. The lowest BCUT2D eigenvalue weighted by atomic mass is 10.2. The van der Waals surface area contributed by atoms with Crippen molar-refractivity contribution in [1.82, 2.24) is 4.98 Å². The lowest BCUT2D eigenvalue weighted by Crippen LogP contribution is -2.11. The van der Waals surface area contributed by atoms with Gasteiger partial charge < -0.3 is 4.74 Å². The fourth-order valence-electron chi connectivity index (χ4n) is 2.21. The van der Waals surface area contributed by atoms with Crippen molar-refractivity contribution in [2.75, 3.05) is 11.9 Å². The van der Waals surface area contributed by atoms with Crippen LogP contribution in [0.25, 0.3) is 11.3 Å². The Labute approximate surface area is 165 Å². The largest absolute Gasteiger partial charge is 0.494 e. The molecule has 0 spiro atoms. The zero-order chi connectivity index (χ0) is 18.5. The van der Waals surface area contributed by atoms with Crippen LogP contribution in [0.2, 0.25) is 10.0 Å². The number of rotatable bonds is 6. The third kappa shape index (κ3) is 4.55. The molecule has 1 heterocycles. The molecule has 0 saturated carbocycles. The van der Waals surface area contributed by atoms with Gasteiger partial charge >= 0.3 is 0 Å². The summed E-state index contributed by atoms with van der Waals surface area (Å²) in [5.41, 5.74) is 2.18. The summed E-state index contributed by atoms with van der Waals surface area (Å²) >= 11 is 13.2. The van der Waals surface area contributed by atoms with E-state index in [4.69, 9.17) is 27.9 Å². The van der Waals surface area contributed by atoms with E-state index in [1.807, 2.05) is 29.6 Å². The first-order valence-corrected chi connectivity index (χ1v) is 9.65. The van der Waals surface area contributed by atoms with Gasteiger partial charge in [-0.3, -0.25) is 10.1 Å². The molecule has 0 atom stereocenters. The number of carbonyl (C=O) groups excluding carboxylic acids is 1. The van der Waals surface area contributed by atoms with E-state index in [1.165, 1.54) is 17.4 Å². The predicted octanol–water partition coefficient (Wildman–Crippen LogP) is 6.16. The second-order valence-corrected chi connectivity index (χ2v) is 7.17. The van der Waals surface area contributed by atoms with Crippen LogP contribution in [0.4, 0.5) is 5.13 Å². The van der Waals surface area contributed by atoms with Crippen molar-refractivity contribution in [3.05, 3.63) is 63.5 Å². The van der Waals surface area contributed by atoms with Crippen LogP contribution >= 0.6 is 34.5 Å². The highest BCUT2D eigenvalue weighted by Crippen LogP contribution is 2.27. The molecule has 2 aromatic carbocycles. The van der Waals surface area contributed by atoms with Crippen LogP contribution in [0.1, 0.15) is 23.7 Å². The van der Waals surface area contributed by atoms with Gasteiger partial charge in [0.05, 0.1) is 22.3 Å². The van der Waals surface area contributed by atoms with Gasteiger partial charge in [0.25, 0.3) is 5.91 Å². The molecule has 1 amide bonds. The van der Waals surface area contributed by atoms with Crippen molar-refractivity contribution < 1.29 is 9.53 Å². The number of hydrogen-bond donors (Lipinski definition) is 1. The van der Waals surface area contributed by atoms with E-state index in [2.05, 4.69) is 17.2 Å². The minimum atomic E-state index is -0.284. The van der Waals surface area contributed by atoms with E-state index < -0.39 is 0 Å². The Kier molecular flexibility index (Phi) is 6.14. The SMILES string of the molecule is CCCOc1ccc(-c2csc(NC(=O)c3ccc(Cl)c(Cl)c3)n2)cc1. The third-order valence-electron chi connectivity index (χ3n) is 3.53. The van der Waals surface area contributed by atoms with E-state index in [0.29, 0.717) is 27.3 Å². The molecule has 134 valence electrons. The molecule has 0 saturated heterocycles. The number of anilines is 1. The Morgan fingerprint density at radius 3 is 2.62 bits per heavy atom.